The highest BCUT2D eigenvalue weighted by atomic mass is 32.2. The molecular formula is C33H55NO4S. The molecule has 1 unspecified atom stereocenters. The molecule has 0 radical (unpaired) electrons. The van der Waals surface area contributed by atoms with Gasteiger partial charge in [0.25, 0.3) is 0 Å². The molecule has 222 valence electrons. The largest absolute Gasteiger partial charge is 0.459 e. The lowest BCUT2D eigenvalue weighted by Gasteiger charge is -2.19. The van der Waals surface area contributed by atoms with Gasteiger partial charge in [0.05, 0.1) is 18.0 Å². The zero-order valence-corrected chi connectivity index (χ0v) is 25.9. The third-order valence-corrected chi connectivity index (χ3v) is 8.20. The fraction of sp³-hybridized carbons (Fsp3) is 0.727. The molecule has 0 saturated heterocycles. The number of unbranched alkanes of at least 4 members (excludes halogenated alkanes) is 13. The highest BCUT2D eigenvalue weighted by Crippen LogP contribution is 2.26. The van der Waals surface area contributed by atoms with E-state index in [0.717, 1.165) is 24.5 Å². The summed E-state index contributed by atoms with van der Waals surface area (Å²) in [4.78, 5) is 16.4. The number of ether oxygens (including phenoxy) is 3. The van der Waals surface area contributed by atoms with Crippen LogP contribution in [0.1, 0.15) is 127 Å². The summed E-state index contributed by atoms with van der Waals surface area (Å²) in [6.07, 6.45) is 20.8. The van der Waals surface area contributed by atoms with Crippen molar-refractivity contribution in [3.63, 3.8) is 0 Å². The first-order valence-electron chi connectivity index (χ1n) is 15.6. The molecule has 39 heavy (non-hydrogen) atoms. The van der Waals surface area contributed by atoms with Gasteiger partial charge in [-0.15, -0.1) is 11.8 Å². The van der Waals surface area contributed by atoms with Crippen molar-refractivity contribution in [3.8, 4) is 0 Å². The standard InChI is InChI=1S/C33H55NO4S/c1-4-6-7-8-9-10-11-12-13-14-15-16-17-20-23-36-26-31(37-5-2)27-38-33(35)32-22-19-18-21-30(32)25-34-24-29(3)39-28-34/h18-19,21-22,24,31H,4-17,20,23,25-28H2,1-3H3. The Morgan fingerprint density at radius 2 is 1.49 bits per heavy atom. The number of allylic oxidation sites excluding steroid dienone is 1. The summed E-state index contributed by atoms with van der Waals surface area (Å²) >= 11 is 1.82. The van der Waals surface area contributed by atoms with Gasteiger partial charge in [0.15, 0.2) is 0 Å². The number of nitrogens with zero attached hydrogens (tertiary/aromatic N) is 1. The van der Waals surface area contributed by atoms with Crippen molar-refractivity contribution in [2.75, 3.05) is 32.3 Å². The average molecular weight is 562 g/mol. The van der Waals surface area contributed by atoms with Crippen molar-refractivity contribution in [1.82, 2.24) is 4.90 Å². The molecule has 0 bridgehead atoms. The average Bonchev–Trinajstić information content (AvgIpc) is 3.35. The second-order valence-corrected chi connectivity index (χ2v) is 12.0. The number of rotatable bonds is 24. The maximum Gasteiger partial charge on any atom is 0.338 e. The van der Waals surface area contributed by atoms with Crippen molar-refractivity contribution in [2.24, 2.45) is 0 Å². The van der Waals surface area contributed by atoms with E-state index in [-0.39, 0.29) is 18.7 Å². The minimum absolute atomic E-state index is 0.207. The molecule has 1 aromatic rings. The van der Waals surface area contributed by atoms with Crippen LogP contribution in [0.4, 0.5) is 0 Å². The quantitative estimate of drug-likeness (QED) is 0.0926. The van der Waals surface area contributed by atoms with E-state index in [1.807, 2.05) is 43.0 Å². The molecule has 0 aliphatic carbocycles. The first kappa shape index (κ1) is 33.7. The molecule has 0 spiro atoms. The van der Waals surface area contributed by atoms with Gasteiger partial charge in [-0.05, 0) is 36.8 Å². The summed E-state index contributed by atoms with van der Waals surface area (Å²) in [5, 5.41) is 0. The Hall–Kier alpha value is -1.50. The Balaban J connectivity index is 1.52. The van der Waals surface area contributed by atoms with Crippen LogP contribution >= 0.6 is 11.8 Å². The summed E-state index contributed by atoms with van der Waals surface area (Å²) in [6, 6.07) is 7.71. The molecule has 0 aromatic heterocycles. The maximum atomic E-state index is 12.9. The molecule has 1 heterocycles. The number of hydrogen-bond donors (Lipinski definition) is 0. The van der Waals surface area contributed by atoms with E-state index in [9.17, 15) is 4.79 Å². The summed E-state index contributed by atoms with van der Waals surface area (Å²) in [5.74, 6) is 0.619. The molecule has 6 heteroatoms. The highest BCUT2D eigenvalue weighted by Gasteiger charge is 2.18. The summed E-state index contributed by atoms with van der Waals surface area (Å²) in [5.41, 5.74) is 1.61. The molecule has 1 aromatic carbocycles. The topological polar surface area (TPSA) is 48.0 Å². The van der Waals surface area contributed by atoms with Crippen molar-refractivity contribution in [2.45, 2.75) is 123 Å². The number of hydrogen-bond acceptors (Lipinski definition) is 6. The van der Waals surface area contributed by atoms with E-state index >= 15 is 0 Å². The van der Waals surface area contributed by atoms with Crippen molar-refractivity contribution < 1.29 is 19.0 Å². The number of esters is 1. The van der Waals surface area contributed by atoms with E-state index in [0.29, 0.717) is 25.3 Å². The normalized spacial score (nSPS) is 14.0. The smallest absolute Gasteiger partial charge is 0.338 e. The highest BCUT2D eigenvalue weighted by molar-refractivity contribution is 8.03. The number of thioether (sulfide) groups is 1. The van der Waals surface area contributed by atoms with Crippen LogP contribution < -0.4 is 0 Å². The first-order chi connectivity index (χ1) is 19.1. The van der Waals surface area contributed by atoms with Crippen LogP contribution in [0.25, 0.3) is 0 Å². The Morgan fingerprint density at radius 3 is 2.08 bits per heavy atom. The van der Waals surface area contributed by atoms with Crippen molar-refractivity contribution in [3.05, 3.63) is 46.5 Å². The molecule has 1 aliphatic rings. The maximum absolute atomic E-state index is 12.9. The Morgan fingerprint density at radius 1 is 0.872 bits per heavy atom. The van der Waals surface area contributed by atoms with Crippen LogP contribution in [-0.2, 0) is 20.8 Å². The number of benzene rings is 1. The van der Waals surface area contributed by atoms with Crippen LogP contribution in [0.3, 0.4) is 0 Å². The molecule has 0 amide bonds. The number of carbonyl (C=O) groups excluding carboxylic acids is 1. The van der Waals surface area contributed by atoms with E-state index in [1.54, 1.807) is 0 Å². The predicted octanol–water partition coefficient (Wildman–Crippen LogP) is 9.11. The third-order valence-electron chi connectivity index (χ3n) is 7.18. The lowest BCUT2D eigenvalue weighted by atomic mass is 10.0. The zero-order chi connectivity index (χ0) is 28.0. The minimum atomic E-state index is -0.296. The third kappa shape index (κ3) is 15.8. The van der Waals surface area contributed by atoms with E-state index in [1.165, 1.54) is 88.4 Å². The van der Waals surface area contributed by atoms with Crippen LogP contribution in [-0.4, -0.2) is 49.3 Å². The fourth-order valence-corrected chi connectivity index (χ4v) is 5.68. The number of carbonyl (C=O) groups is 1. The van der Waals surface area contributed by atoms with Gasteiger partial charge < -0.3 is 19.1 Å². The fourth-order valence-electron chi connectivity index (χ4n) is 4.92. The van der Waals surface area contributed by atoms with Gasteiger partial charge in [-0.2, -0.15) is 0 Å². The van der Waals surface area contributed by atoms with Gasteiger partial charge in [0.1, 0.15) is 12.7 Å². The zero-order valence-electron chi connectivity index (χ0n) is 25.1. The Kier molecular flexibility index (Phi) is 19.2. The van der Waals surface area contributed by atoms with Crippen LogP contribution in [0, 0.1) is 0 Å². The second kappa shape index (κ2) is 22.2. The summed E-state index contributed by atoms with van der Waals surface area (Å²) in [6.45, 7) is 9.02. The Labute approximate surface area is 243 Å². The van der Waals surface area contributed by atoms with Gasteiger partial charge in [-0.3, -0.25) is 0 Å². The molecule has 0 fully saturated rings. The molecule has 1 atom stereocenters. The predicted molar refractivity (Wildman–Crippen MR) is 165 cm³/mol. The van der Waals surface area contributed by atoms with Gasteiger partial charge in [0.2, 0.25) is 0 Å². The van der Waals surface area contributed by atoms with Crippen LogP contribution in [0.5, 0.6) is 0 Å². The summed E-state index contributed by atoms with van der Waals surface area (Å²) < 4.78 is 17.3. The molecule has 0 saturated carbocycles. The molecule has 0 N–H and O–H groups in total. The van der Waals surface area contributed by atoms with E-state index in [2.05, 4.69) is 24.9 Å². The second-order valence-electron chi connectivity index (χ2n) is 10.8. The lowest BCUT2D eigenvalue weighted by Crippen LogP contribution is -2.28. The van der Waals surface area contributed by atoms with Crippen molar-refractivity contribution >= 4 is 17.7 Å². The Bertz CT molecular complexity index is 800. The van der Waals surface area contributed by atoms with Crippen molar-refractivity contribution in [1.29, 1.82) is 0 Å². The van der Waals surface area contributed by atoms with E-state index in [4.69, 9.17) is 14.2 Å². The SMILES string of the molecule is CCCCCCCCCCCCCCCCOCC(COC(=O)c1ccccc1CN1C=C(C)SC1)OCC. The molecular weight excluding hydrogens is 506 g/mol. The molecule has 5 nitrogen and oxygen atoms in total. The first-order valence-corrected chi connectivity index (χ1v) is 16.6. The molecule has 1 aliphatic heterocycles. The van der Waals surface area contributed by atoms with Gasteiger partial charge in [0, 0.05) is 26.0 Å². The van der Waals surface area contributed by atoms with Crippen LogP contribution in [0.15, 0.2) is 35.4 Å². The molecule has 2 rings (SSSR count). The minimum Gasteiger partial charge on any atom is -0.459 e. The van der Waals surface area contributed by atoms with E-state index < -0.39 is 0 Å². The monoisotopic (exact) mass is 561 g/mol. The van der Waals surface area contributed by atoms with Gasteiger partial charge in [-0.1, -0.05) is 109 Å². The van der Waals surface area contributed by atoms with Gasteiger partial charge in [-0.25, -0.2) is 4.79 Å². The van der Waals surface area contributed by atoms with Crippen LogP contribution in [0.2, 0.25) is 0 Å². The summed E-state index contributed by atoms with van der Waals surface area (Å²) in [7, 11) is 0. The van der Waals surface area contributed by atoms with Gasteiger partial charge >= 0.3 is 5.97 Å². The lowest BCUT2D eigenvalue weighted by molar-refractivity contribution is -0.0466.